The topological polar surface area (TPSA) is 58.9 Å². The van der Waals surface area contributed by atoms with Crippen LogP contribution in [0.4, 0.5) is 0 Å². The minimum Gasteiger partial charge on any atom is -0.504 e. The highest BCUT2D eigenvalue weighted by molar-refractivity contribution is 9.13. The summed E-state index contributed by atoms with van der Waals surface area (Å²) in [5, 5.41) is 20.0. The third-order valence-electron chi connectivity index (χ3n) is 4.06. The first kappa shape index (κ1) is 15.5. The Morgan fingerprint density at radius 2 is 1.00 bits per heavy atom. The summed E-state index contributed by atoms with van der Waals surface area (Å²) in [4.78, 5) is 0. The maximum Gasteiger partial charge on any atom is 0.185 e. The van der Waals surface area contributed by atoms with E-state index >= 15 is 0 Å². The smallest absolute Gasteiger partial charge is 0.185 e. The molecule has 22 heavy (non-hydrogen) atoms. The van der Waals surface area contributed by atoms with Crippen LogP contribution < -0.4 is 9.47 Å². The standard InChI is InChI=1S/C16H14Br2O4/c1-5-6(2)13-16(10(18)9(5)17)22-15-8(4)12(20)11(19)7(3)14(15)21-13/h19-20H,1-4H3. The number of hydrogen-bond acceptors (Lipinski definition) is 4. The third-order valence-corrected chi connectivity index (χ3v) is 6.34. The molecule has 4 nitrogen and oxygen atoms in total. The number of rotatable bonds is 0. The Bertz CT molecular complexity index is 693. The van der Waals surface area contributed by atoms with Crippen LogP contribution in [0.5, 0.6) is 34.5 Å². The van der Waals surface area contributed by atoms with Crippen molar-refractivity contribution in [1.82, 2.24) is 0 Å². The minimum absolute atomic E-state index is 0.186. The maximum absolute atomic E-state index is 10.0. The van der Waals surface area contributed by atoms with Crippen molar-refractivity contribution in [2.24, 2.45) is 0 Å². The summed E-state index contributed by atoms with van der Waals surface area (Å²) in [5.74, 6) is 1.62. The van der Waals surface area contributed by atoms with Crippen LogP contribution in [0.3, 0.4) is 0 Å². The molecule has 0 bridgehead atoms. The summed E-state index contributed by atoms with van der Waals surface area (Å²) in [7, 11) is 0. The number of halogens is 2. The summed E-state index contributed by atoms with van der Waals surface area (Å²) < 4.78 is 13.7. The van der Waals surface area contributed by atoms with Gasteiger partial charge in [-0.15, -0.1) is 0 Å². The molecule has 3 rings (SSSR count). The minimum atomic E-state index is -0.192. The molecule has 1 aliphatic heterocycles. The van der Waals surface area contributed by atoms with Gasteiger partial charge in [0.05, 0.1) is 4.47 Å². The number of fused-ring (bicyclic) bond motifs is 2. The van der Waals surface area contributed by atoms with Gasteiger partial charge in [-0.1, -0.05) is 0 Å². The average molecular weight is 430 g/mol. The Morgan fingerprint density at radius 3 is 1.50 bits per heavy atom. The molecular weight excluding hydrogens is 416 g/mol. The molecule has 0 fully saturated rings. The zero-order valence-electron chi connectivity index (χ0n) is 12.5. The largest absolute Gasteiger partial charge is 0.504 e. The summed E-state index contributed by atoms with van der Waals surface area (Å²) in [6.07, 6.45) is 0. The van der Waals surface area contributed by atoms with Crippen LogP contribution in [0.1, 0.15) is 22.3 Å². The molecule has 0 aliphatic carbocycles. The van der Waals surface area contributed by atoms with Crippen molar-refractivity contribution in [3.05, 3.63) is 31.2 Å². The van der Waals surface area contributed by atoms with E-state index in [1.807, 2.05) is 13.8 Å². The molecule has 1 aliphatic rings. The molecule has 0 amide bonds. The van der Waals surface area contributed by atoms with Gasteiger partial charge < -0.3 is 19.7 Å². The first-order valence-electron chi connectivity index (χ1n) is 6.64. The van der Waals surface area contributed by atoms with Crippen LogP contribution >= 0.6 is 31.9 Å². The lowest BCUT2D eigenvalue weighted by Gasteiger charge is -2.27. The monoisotopic (exact) mass is 428 g/mol. The molecule has 0 unspecified atom stereocenters. The van der Waals surface area contributed by atoms with Crippen LogP contribution in [-0.4, -0.2) is 10.2 Å². The van der Waals surface area contributed by atoms with Crippen LogP contribution in [0.2, 0.25) is 0 Å². The van der Waals surface area contributed by atoms with E-state index in [0.717, 1.165) is 20.1 Å². The molecule has 2 aromatic carbocycles. The number of phenols is 2. The maximum atomic E-state index is 10.0. The second kappa shape index (κ2) is 5.06. The molecular formula is C16H14Br2O4. The summed E-state index contributed by atoms with van der Waals surface area (Å²) in [6.45, 7) is 7.28. The van der Waals surface area contributed by atoms with Gasteiger partial charge in [0, 0.05) is 15.6 Å². The fourth-order valence-corrected chi connectivity index (χ4v) is 3.48. The highest BCUT2D eigenvalue weighted by Crippen LogP contribution is 2.58. The lowest BCUT2D eigenvalue weighted by atomic mass is 10.0. The molecule has 0 saturated carbocycles. The second-order valence-electron chi connectivity index (χ2n) is 5.35. The van der Waals surface area contributed by atoms with Crippen molar-refractivity contribution < 1.29 is 19.7 Å². The van der Waals surface area contributed by atoms with Gasteiger partial charge in [0.1, 0.15) is 0 Å². The highest BCUT2D eigenvalue weighted by Gasteiger charge is 2.31. The van der Waals surface area contributed by atoms with Gasteiger partial charge in [-0.3, -0.25) is 0 Å². The quantitative estimate of drug-likeness (QED) is 0.446. The third kappa shape index (κ3) is 1.93. The molecule has 1 heterocycles. The molecule has 0 spiro atoms. The Kier molecular flexibility index (Phi) is 3.57. The molecule has 0 aromatic heterocycles. The zero-order chi connectivity index (χ0) is 16.3. The number of ether oxygens (including phenoxy) is 2. The Balaban J connectivity index is 2.32. The molecule has 2 N–H and O–H groups in total. The fraction of sp³-hybridized carbons (Fsp3) is 0.250. The SMILES string of the molecule is Cc1c(C)c2c(c(Br)c1Br)Oc1c(C)c(O)c(O)c(C)c1O2. The predicted molar refractivity (Wildman–Crippen MR) is 90.7 cm³/mol. The van der Waals surface area contributed by atoms with E-state index in [4.69, 9.17) is 9.47 Å². The first-order chi connectivity index (χ1) is 10.3. The van der Waals surface area contributed by atoms with Gasteiger partial charge in [0.15, 0.2) is 34.5 Å². The first-order valence-corrected chi connectivity index (χ1v) is 8.23. The molecule has 6 heteroatoms. The van der Waals surface area contributed by atoms with Crippen molar-refractivity contribution >= 4 is 31.9 Å². The van der Waals surface area contributed by atoms with Crippen molar-refractivity contribution in [2.45, 2.75) is 27.7 Å². The van der Waals surface area contributed by atoms with Crippen molar-refractivity contribution in [1.29, 1.82) is 0 Å². The van der Waals surface area contributed by atoms with Crippen molar-refractivity contribution in [3.8, 4) is 34.5 Å². The predicted octanol–water partition coefficient (Wildman–Crippen LogP) is 5.75. The lowest BCUT2D eigenvalue weighted by Crippen LogP contribution is -2.06. The normalized spacial score (nSPS) is 12.3. The van der Waals surface area contributed by atoms with Crippen LogP contribution in [-0.2, 0) is 0 Å². The van der Waals surface area contributed by atoms with Gasteiger partial charge in [-0.25, -0.2) is 0 Å². The van der Waals surface area contributed by atoms with Gasteiger partial charge >= 0.3 is 0 Å². The van der Waals surface area contributed by atoms with Crippen LogP contribution in [0.25, 0.3) is 0 Å². The number of hydrogen-bond donors (Lipinski definition) is 2. The zero-order valence-corrected chi connectivity index (χ0v) is 15.6. The molecule has 2 aromatic rings. The molecule has 0 radical (unpaired) electrons. The Labute approximate surface area is 144 Å². The van der Waals surface area contributed by atoms with Crippen molar-refractivity contribution in [2.75, 3.05) is 0 Å². The van der Waals surface area contributed by atoms with E-state index in [1.54, 1.807) is 13.8 Å². The van der Waals surface area contributed by atoms with E-state index in [0.29, 0.717) is 34.1 Å². The summed E-state index contributed by atoms with van der Waals surface area (Å²) in [6, 6.07) is 0. The highest BCUT2D eigenvalue weighted by atomic mass is 79.9. The molecule has 116 valence electrons. The Morgan fingerprint density at radius 1 is 0.591 bits per heavy atom. The van der Waals surface area contributed by atoms with Gasteiger partial charge in [0.2, 0.25) is 0 Å². The van der Waals surface area contributed by atoms with E-state index < -0.39 is 0 Å². The van der Waals surface area contributed by atoms with E-state index in [2.05, 4.69) is 31.9 Å². The van der Waals surface area contributed by atoms with Crippen LogP contribution in [0.15, 0.2) is 8.95 Å². The van der Waals surface area contributed by atoms with Gasteiger partial charge in [-0.05, 0) is 70.7 Å². The number of phenolic OH excluding ortho intramolecular Hbond substituents is 2. The fourth-order valence-electron chi connectivity index (χ4n) is 2.44. The molecule has 0 atom stereocenters. The lowest BCUT2D eigenvalue weighted by molar-refractivity contribution is 0.336. The van der Waals surface area contributed by atoms with Crippen molar-refractivity contribution in [3.63, 3.8) is 0 Å². The molecule has 0 saturated heterocycles. The van der Waals surface area contributed by atoms with Gasteiger partial charge in [0.25, 0.3) is 0 Å². The number of aromatic hydroxyl groups is 2. The second-order valence-corrected chi connectivity index (χ2v) is 6.93. The summed E-state index contributed by atoms with van der Waals surface area (Å²) in [5.41, 5.74) is 2.86. The number of benzene rings is 2. The summed E-state index contributed by atoms with van der Waals surface area (Å²) >= 11 is 7.05. The van der Waals surface area contributed by atoms with Gasteiger partial charge in [-0.2, -0.15) is 0 Å². The average Bonchev–Trinajstić information content (AvgIpc) is 2.52. The van der Waals surface area contributed by atoms with E-state index in [9.17, 15) is 10.2 Å². The van der Waals surface area contributed by atoms with E-state index in [1.165, 1.54) is 0 Å². The Hall–Kier alpha value is -1.40. The van der Waals surface area contributed by atoms with E-state index in [-0.39, 0.29) is 11.5 Å². The van der Waals surface area contributed by atoms with Crippen LogP contribution in [0, 0.1) is 27.7 Å².